The number of aryl methyl sites for hydroxylation is 2. The molecule has 2 heterocycles. The fourth-order valence-electron chi connectivity index (χ4n) is 3.10. The number of hydrogen-bond donors (Lipinski definition) is 1. The molecule has 1 aromatic heterocycles. The molecule has 1 aromatic carbocycles. The number of rotatable bonds is 7. The molecule has 1 unspecified atom stereocenters. The van der Waals surface area contributed by atoms with E-state index in [-0.39, 0.29) is 0 Å². The van der Waals surface area contributed by atoms with Crippen molar-refractivity contribution in [1.82, 2.24) is 14.7 Å². The van der Waals surface area contributed by atoms with Gasteiger partial charge in [0.05, 0.1) is 31.1 Å². The van der Waals surface area contributed by atoms with Crippen molar-refractivity contribution in [3.05, 3.63) is 53.3 Å². The van der Waals surface area contributed by atoms with Crippen molar-refractivity contribution in [1.29, 1.82) is 0 Å². The van der Waals surface area contributed by atoms with Gasteiger partial charge in [0.1, 0.15) is 0 Å². The summed E-state index contributed by atoms with van der Waals surface area (Å²) in [6.45, 7) is 7.57. The van der Waals surface area contributed by atoms with Crippen molar-refractivity contribution in [2.45, 2.75) is 32.6 Å². The summed E-state index contributed by atoms with van der Waals surface area (Å²) >= 11 is 0. The first-order chi connectivity index (χ1) is 11.1. The number of likely N-dealkylation sites (tertiary alicyclic amines) is 1. The van der Waals surface area contributed by atoms with Crippen LogP contribution in [0, 0.1) is 13.8 Å². The van der Waals surface area contributed by atoms with Crippen molar-refractivity contribution in [2.24, 2.45) is 0 Å². The number of hydrogen-bond acceptors (Lipinski definition) is 4. The highest BCUT2D eigenvalue weighted by molar-refractivity contribution is 5.13. The highest BCUT2D eigenvalue weighted by Crippen LogP contribution is 2.22. The van der Waals surface area contributed by atoms with Crippen LogP contribution in [0.4, 0.5) is 0 Å². The highest BCUT2D eigenvalue weighted by atomic mass is 16.5. The van der Waals surface area contributed by atoms with Gasteiger partial charge in [0, 0.05) is 25.3 Å². The standard InChI is InChI=1S/C18H25N3O2/c1-14-8-15(2)21(19-14)17-9-20(10-17)11-18(22)13-23-12-16-6-4-3-5-7-16/h3-8,17-18,22H,9-13H2,1-2H3. The van der Waals surface area contributed by atoms with E-state index < -0.39 is 6.10 Å². The molecular formula is C18H25N3O2. The van der Waals surface area contributed by atoms with Crippen molar-refractivity contribution in [3.8, 4) is 0 Å². The quantitative estimate of drug-likeness (QED) is 0.848. The number of benzene rings is 1. The van der Waals surface area contributed by atoms with E-state index in [9.17, 15) is 5.11 Å². The maximum atomic E-state index is 10.1. The van der Waals surface area contributed by atoms with Gasteiger partial charge in [-0.3, -0.25) is 9.58 Å². The average Bonchev–Trinajstić information content (AvgIpc) is 2.82. The van der Waals surface area contributed by atoms with E-state index in [2.05, 4.69) is 27.7 Å². The number of β-amino-alcohol motifs (C(OH)–C–C–N with tert-alkyl or cyclic N) is 1. The minimum Gasteiger partial charge on any atom is -0.389 e. The summed E-state index contributed by atoms with van der Waals surface area (Å²) in [7, 11) is 0. The third kappa shape index (κ3) is 4.19. The van der Waals surface area contributed by atoms with Gasteiger partial charge in [-0.05, 0) is 25.5 Å². The molecule has 124 valence electrons. The Balaban J connectivity index is 1.35. The number of nitrogens with zero attached hydrogens (tertiary/aromatic N) is 3. The van der Waals surface area contributed by atoms with Gasteiger partial charge in [-0.25, -0.2) is 0 Å². The molecule has 5 heteroatoms. The zero-order chi connectivity index (χ0) is 16.2. The van der Waals surface area contributed by atoms with Crippen LogP contribution in [-0.2, 0) is 11.3 Å². The Kier molecular flexibility index (Phi) is 5.10. The first-order valence-electron chi connectivity index (χ1n) is 8.16. The molecule has 1 N–H and O–H groups in total. The summed E-state index contributed by atoms with van der Waals surface area (Å²) in [6.07, 6.45) is -0.444. The van der Waals surface area contributed by atoms with Crippen LogP contribution >= 0.6 is 0 Å². The summed E-state index contributed by atoms with van der Waals surface area (Å²) < 4.78 is 7.69. The second kappa shape index (κ2) is 7.25. The Morgan fingerprint density at radius 2 is 2.00 bits per heavy atom. The molecule has 1 saturated heterocycles. The second-order valence-electron chi connectivity index (χ2n) is 6.40. The van der Waals surface area contributed by atoms with Gasteiger partial charge < -0.3 is 9.84 Å². The van der Waals surface area contributed by atoms with Crippen LogP contribution in [0.15, 0.2) is 36.4 Å². The smallest absolute Gasteiger partial charge is 0.0900 e. The molecule has 1 atom stereocenters. The largest absolute Gasteiger partial charge is 0.389 e. The zero-order valence-electron chi connectivity index (χ0n) is 13.9. The van der Waals surface area contributed by atoms with Gasteiger partial charge in [-0.1, -0.05) is 30.3 Å². The minimum absolute atomic E-state index is 0.371. The first-order valence-corrected chi connectivity index (χ1v) is 8.16. The Labute approximate surface area is 137 Å². The fourth-order valence-corrected chi connectivity index (χ4v) is 3.10. The van der Waals surface area contributed by atoms with Crippen LogP contribution in [-0.4, -0.2) is 52.1 Å². The van der Waals surface area contributed by atoms with Gasteiger partial charge in [0.2, 0.25) is 0 Å². The third-order valence-electron chi connectivity index (χ3n) is 4.22. The third-order valence-corrected chi connectivity index (χ3v) is 4.22. The lowest BCUT2D eigenvalue weighted by Crippen LogP contribution is -2.51. The monoisotopic (exact) mass is 315 g/mol. The Hall–Kier alpha value is -1.69. The molecule has 5 nitrogen and oxygen atoms in total. The zero-order valence-corrected chi connectivity index (χ0v) is 13.9. The molecule has 1 aliphatic rings. The van der Waals surface area contributed by atoms with E-state index in [1.807, 2.05) is 37.3 Å². The number of ether oxygens (including phenoxy) is 1. The lowest BCUT2D eigenvalue weighted by molar-refractivity contribution is -0.0136. The fraction of sp³-hybridized carbons (Fsp3) is 0.500. The Bertz CT molecular complexity index is 620. The molecule has 0 saturated carbocycles. The van der Waals surface area contributed by atoms with Gasteiger partial charge >= 0.3 is 0 Å². The van der Waals surface area contributed by atoms with Crippen molar-refractivity contribution >= 4 is 0 Å². The molecule has 1 fully saturated rings. The normalized spacial score (nSPS) is 17.2. The molecule has 23 heavy (non-hydrogen) atoms. The molecular weight excluding hydrogens is 290 g/mol. The number of aromatic nitrogens is 2. The molecule has 0 radical (unpaired) electrons. The summed E-state index contributed by atoms with van der Waals surface area (Å²) in [5.41, 5.74) is 3.41. The molecule has 2 aromatic rings. The number of aliphatic hydroxyl groups is 1. The van der Waals surface area contributed by atoms with Crippen LogP contribution in [0.1, 0.15) is 23.0 Å². The number of aliphatic hydroxyl groups excluding tert-OH is 1. The van der Waals surface area contributed by atoms with Gasteiger partial charge in [-0.15, -0.1) is 0 Å². The maximum absolute atomic E-state index is 10.1. The molecule has 0 bridgehead atoms. The lowest BCUT2D eigenvalue weighted by Gasteiger charge is -2.40. The molecule has 0 spiro atoms. The van der Waals surface area contributed by atoms with E-state index in [1.54, 1.807) is 0 Å². The van der Waals surface area contributed by atoms with E-state index in [1.165, 1.54) is 5.69 Å². The van der Waals surface area contributed by atoms with Crippen LogP contribution in [0.2, 0.25) is 0 Å². The van der Waals surface area contributed by atoms with Gasteiger partial charge in [0.25, 0.3) is 0 Å². The summed E-state index contributed by atoms with van der Waals surface area (Å²) in [4.78, 5) is 2.25. The van der Waals surface area contributed by atoms with Gasteiger partial charge in [-0.2, -0.15) is 5.10 Å². The maximum Gasteiger partial charge on any atom is 0.0900 e. The SMILES string of the molecule is Cc1cc(C)n(C2CN(CC(O)COCc3ccccc3)C2)n1. The van der Waals surface area contributed by atoms with Crippen LogP contribution in [0.25, 0.3) is 0 Å². The average molecular weight is 315 g/mol. The Morgan fingerprint density at radius 1 is 1.26 bits per heavy atom. The molecule has 0 amide bonds. The van der Waals surface area contributed by atoms with E-state index in [0.717, 1.165) is 24.3 Å². The summed E-state index contributed by atoms with van der Waals surface area (Å²) in [5.74, 6) is 0. The predicted octanol–water partition coefficient (Wildman–Crippen LogP) is 1.93. The summed E-state index contributed by atoms with van der Waals surface area (Å²) in [5, 5.41) is 14.6. The van der Waals surface area contributed by atoms with Gasteiger partial charge in [0.15, 0.2) is 0 Å². The molecule has 3 rings (SSSR count). The van der Waals surface area contributed by atoms with Crippen molar-refractivity contribution < 1.29 is 9.84 Å². The van der Waals surface area contributed by atoms with Crippen molar-refractivity contribution in [3.63, 3.8) is 0 Å². The van der Waals surface area contributed by atoms with E-state index in [0.29, 0.717) is 25.8 Å². The van der Waals surface area contributed by atoms with Crippen LogP contribution < -0.4 is 0 Å². The van der Waals surface area contributed by atoms with E-state index in [4.69, 9.17) is 4.74 Å². The van der Waals surface area contributed by atoms with Crippen LogP contribution in [0.3, 0.4) is 0 Å². The lowest BCUT2D eigenvalue weighted by atomic mass is 10.1. The highest BCUT2D eigenvalue weighted by Gasteiger charge is 2.30. The Morgan fingerprint density at radius 3 is 2.65 bits per heavy atom. The molecule has 0 aliphatic carbocycles. The molecule has 1 aliphatic heterocycles. The predicted molar refractivity (Wildman–Crippen MR) is 89.3 cm³/mol. The minimum atomic E-state index is -0.444. The first kappa shape index (κ1) is 16.2. The van der Waals surface area contributed by atoms with Crippen LogP contribution in [0.5, 0.6) is 0 Å². The van der Waals surface area contributed by atoms with Crippen molar-refractivity contribution in [2.75, 3.05) is 26.2 Å². The second-order valence-corrected chi connectivity index (χ2v) is 6.40. The summed E-state index contributed by atoms with van der Waals surface area (Å²) in [6, 6.07) is 12.6. The topological polar surface area (TPSA) is 50.5 Å². The van der Waals surface area contributed by atoms with E-state index >= 15 is 0 Å².